The van der Waals surface area contributed by atoms with E-state index in [-0.39, 0.29) is 17.4 Å². The van der Waals surface area contributed by atoms with Gasteiger partial charge in [-0.2, -0.15) is 4.31 Å². The smallest absolute Gasteiger partial charge is 0.328 e. The molecule has 1 aromatic rings. The monoisotopic (exact) mass is 311 g/mol. The molecule has 1 atom stereocenters. The lowest BCUT2D eigenvalue weighted by Crippen LogP contribution is -2.29. The van der Waals surface area contributed by atoms with Crippen LogP contribution in [0.15, 0.2) is 35.2 Å². The van der Waals surface area contributed by atoms with E-state index in [1.54, 1.807) is 12.1 Å². The Bertz CT molecular complexity index is 636. The van der Waals surface area contributed by atoms with Crippen molar-refractivity contribution >= 4 is 22.1 Å². The van der Waals surface area contributed by atoms with Gasteiger partial charge in [0.05, 0.1) is 4.90 Å². The van der Waals surface area contributed by atoms with Crippen LogP contribution in [0.4, 0.5) is 0 Å². The van der Waals surface area contributed by atoms with Gasteiger partial charge in [-0.15, -0.1) is 0 Å². The van der Waals surface area contributed by atoms with Crippen LogP contribution in [-0.4, -0.2) is 48.6 Å². The van der Waals surface area contributed by atoms with Gasteiger partial charge in [0.15, 0.2) is 0 Å². The van der Waals surface area contributed by atoms with Crippen molar-refractivity contribution in [2.45, 2.75) is 11.3 Å². The number of sulfonamides is 1. The van der Waals surface area contributed by atoms with Crippen LogP contribution in [0.25, 0.3) is 6.08 Å². The van der Waals surface area contributed by atoms with Gasteiger partial charge in [-0.05, 0) is 36.1 Å². The summed E-state index contributed by atoms with van der Waals surface area (Å²) >= 11 is 0. The molecule has 0 spiro atoms. The summed E-state index contributed by atoms with van der Waals surface area (Å²) in [5.41, 5.74) is 0.617. The normalized spacial score (nSPS) is 20.1. The van der Waals surface area contributed by atoms with Gasteiger partial charge in [0.2, 0.25) is 10.0 Å². The van der Waals surface area contributed by atoms with Crippen LogP contribution < -0.4 is 0 Å². The number of aliphatic hydroxyl groups is 1. The highest BCUT2D eigenvalue weighted by molar-refractivity contribution is 7.89. The first-order valence-electron chi connectivity index (χ1n) is 6.55. The third kappa shape index (κ3) is 3.69. The van der Waals surface area contributed by atoms with Gasteiger partial charge in [-0.25, -0.2) is 13.2 Å². The summed E-state index contributed by atoms with van der Waals surface area (Å²) in [6.45, 7) is 0.735. The maximum absolute atomic E-state index is 12.4. The minimum Gasteiger partial charge on any atom is -0.478 e. The zero-order valence-corrected chi connectivity index (χ0v) is 12.2. The SMILES string of the molecule is O=C(O)/C=C/c1ccc(S(=O)(=O)N2CCC(CO)C2)cc1. The molecule has 1 heterocycles. The zero-order valence-electron chi connectivity index (χ0n) is 11.3. The Labute approximate surface area is 123 Å². The second-order valence-corrected chi connectivity index (χ2v) is 6.88. The number of carboxylic acids is 1. The Morgan fingerprint density at radius 1 is 1.33 bits per heavy atom. The molecule has 1 saturated heterocycles. The number of carbonyl (C=O) groups is 1. The van der Waals surface area contributed by atoms with Crippen LogP contribution in [0.5, 0.6) is 0 Å². The van der Waals surface area contributed by atoms with E-state index in [1.807, 2.05) is 0 Å². The van der Waals surface area contributed by atoms with Crippen molar-refractivity contribution in [3.05, 3.63) is 35.9 Å². The predicted molar refractivity (Wildman–Crippen MR) is 77.1 cm³/mol. The lowest BCUT2D eigenvalue weighted by Gasteiger charge is -2.16. The van der Waals surface area contributed by atoms with E-state index in [4.69, 9.17) is 10.2 Å². The molecule has 0 aliphatic carbocycles. The molecule has 0 radical (unpaired) electrons. The maximum Gasteiger partial charge on any atom is 0.328 e. The molecule has 1 aromatic carbocycles. The summed E-state index contributed by atoms with van der Waals surface area (Å²) < 4.78 is 26.2. The second-order valence-electron chi connectivity index (χ2n) is 4.94. The van der Waals surface area contributed by atoms with Crippen molar-refractivity contribution in [2.24, 2.45) is 5.92 Å². The Balaban J connectivity index is 2.16. The lowest BCUT2D eigenvalue weighted by atomic mass is 10.1. The number of hydrogen-bond acceptors (Lipinski definition) is 4. The molecular weight excluding hydrogens is 294 g/mol. The Morgan fingerprint density at radius 2 is 2.00 bits per heavy atom. The molecule has 6 nitrogen and oxygen atoms in total. The van der Waals surface area contributed by atoms with Crippen molar-refractivity contribution in [3.63, 3.8) is 0 Å². The minimum absolute atomic E-state index is 0.00227. The second kappa shape index (κ2) is 6.38. The fourth-order valence-corrected chi connectivity index (χ4v) is 3.76. The molecule has 7 heteroatoms. The molecule has 1 fully saturated rings. The summed E-state index contributed by atoms with van der Waals surface area (Å²) in [6, 6.07) is 6.05. The molecule has 0 amide bonds. The van der Waals surface area contributed by atoms with E-state index in [0.29, 0.717) is 25.1 Å². The maximum atomic E-state index is 12.4. The highest BCUT2D eigenvalue weighted by Crippen LogP contribution is 2.24. The van der Waals surface area contributed by atoms with Crippen LogP contribution >= 0.6 is 0 Å². The number of aliphatic hydroxyl groups excluding tert-OH is 1. The van der Waals surface area contributed by atoms with E-state index in [9.17, 15) is 13.2 Å². The third-order valence-corrected chi connectivity index (χ3v) is 5.32. The first kappa shape index (κ1) is 15.7. The molecule has 0 aromatic heterocycles. The Morgan fingerprint density at radius 3 is 2.52 bits per heavy atom. The van der Waals surface area contributed by atoms with Gasteiger partial charge >= 0.3 is 5.97 Å². The number of hydrogen-bond donors (Lipinski definition) is 2. The number of carboxylic acid groups (broad SMARTS) is 1. The fraction of sp³-hybridized carbons (Fsp3) is 0.357. The molecule has 1 aliphatic heterocycles. The quantitative estimate of drug-likeness (QED) is 0.784. The molecule has 21 heavy (non-hydrogen) atoms. The van der Waals surface area contributed by atoms with Crippen LogP contribution in [-0.2, 0) is 14.8 Å². The van der Waals surface area contributed by atoms with E-state index in [2.05, 4.69) is 0 Å². The largest absolute Gasteiger partial charge is 0.478 e. The Kier molecular flexibility index (Phi) is 4.76. The van der Waals surface area contributed by atoms with Crippen LogP contribution in [0.2, 0.25) is 0 Å². The van der Waals surface area contributed by atoms with Gasteiger partial charge in [-0.3, -0.25) is 0 Å². The molecule has 1 unspecified atom stereocenters. The molecule has 114 valence electrons. The van der Waals surface area contributed by atoms with Crippen molar-refractivity contribution in [1.29, 1.82) is 0 Å². The first-order valence-corrected chi connectivity index (χ1v) is 7.99. The minimum atomic E-state index is -3.55. The fourth-order valence-electron chi connectivity index (χ4n) is 2.23. The van der Waals surface area contributed by atoms with Gasteiger partial charge in [0, 0.05) is 25.8 Å². The standard InChI is InChI=1S/C14H17NO5S/c16-10-12-7-8-15(9-12)21(19,20)13-4-1-11(2-5-13)3-6-14(17)18/h1-6,12,16H,7-10H2,(H,17,18)/b6-3+. The summed E-state index contributed by atoms with van der Waals surface area (Å²) in [6.07, 6.45) is 3.06. The highest BCUT2D eigenvalue weighted by Gasteiger charge is 2.31. The number of nitrogens with zero attached hydrogens (tertiary/aromatic N) is 1. The van der Waals surface area contributed by atoms with Crippen LogP contribution in [0, 0.1) is 5.92 Å². The average molecular weight is 311 g/mol. The van der Waals surface area contributed by atoms with Gasteiger partial charge in [0.25, 0.3) is 0 Å². The number of aliphatic carboxylic acids is 1. The average Bonchev–Trinajstić information content (AvgIpc) is 2.95. The zero-order chi connectivity index (χ0) is 15.5. The van der Waals surface area contributed by atoms with E-state index in [0.717, 1.165) is 6.08 Å². The van der Waals surface area contributed by atoms with Crippen molar-refractivity contribution in [3.8, 4) is 0 Å². The lowest BCUT2D eigenvalue weighted by molar-refractivity contribution is -0.131. The third-order valence-electron chi connectivity index (χ3n) is 3.44. The summed E-state index contributed by atoms with van der Waals surface area (Å²) in [5.74, 6) is -1.06. The molecule has 2 N–H and O–H groups in total. The Hall–Kier alpha value is -1.70. The molecule has 1 aliphatic rings. The molecule has 0 saturated carbocycles. The van der Waals surface area contributed by atoms with E-state index >= 15 is 0 Å². The van der Waals surface area contributed by atoms with Gasteiger partial charge < -0.3 is 10.2 Å². The molecule has 2 rings (SSSR count). The van der Waals surface area contributed by atoms with Crippen molar-refractivity contribution in [1.82, 2.24) is 4.31 Å². The van der Waals surface area contributed by atoms with Crippen LogP contribution in [0.1, 0.15) is 12.0 Å². The first-order chi connectivity index (χ1) is 9.93. The number of rotatable bonds is 5. The van der Waals surface area contributed by atoms with Gasteiger partial charge in [-0.1, -0.05) is 12.1 Å². The van der Waals surface area contributed by atoms with Gasteiger partial charge in [0.1, 0.15) is 0 Å². The summed E-state index contributed by atoms with van der Waals surface area (Å²) in [4.78, 5) is 10.6. The topological polar surface area (TPSA) is 94.9 Å². The summed E-state index contributed by atoms with van der Waals surface area (Å²) in [7, 11) is -3.55. The van der Waals surface area contributed by atoms with E-state index < -0.39 is 16.0 Å². The molecular formula is C14H17NO5S. The number of benzene rings is 1. The molecule has 0 bridgehead atoms. The highest BCUT2D eigenvalue weighted by atomic mass is 32.2. The van der Waals surface area contributed by atoms with E-state index in [1.165, 1.54) is 22.5 Å². The van der Waals surface area contributed by atoms with Crippen molar-refractivity contribution < 1.29 is 23.4 Å². The predicted octanol–water partition coefficient (Wildman–Crippen LogP) is 0.787. The van der Waals surface area contributed by atoms with Crippen molar-refractivity contribution in [2.75, 3.05) is 19.7 Å². The summed E-state index contributed by atoms with van der Waals surface area (Å²) in [5, 5.41) is 17.6. The van der Waals surface area contributed by atoms with Crippen LogP contribution in [0.3, 0.4) is 0 Å².